The number of benzene rings is 2. The lowest BCUT2D eigenvalue weighted by molar-refractivity contribution is 0.474. The maximum absolute atomic E-state index is 9.62. The molecule has 0 aliphatic carbocycles. The second kappa shape index (κ2) is 5.61. The second-order valence-electron chi connectivity index (χ2n) is 3.56. The summed E-state index contributed by atoms with van der Waals surface area (Å²) in [7, 11) is 0. The molecule has 0 saturated heterocycles. The first-order valence-corrected chi connectivity index (χ1v) is 6.17. The van der Waals surface area contributed by atoms with Gasteiger partial charge in [0.2, 0.25) is 0 Å². The average Bonchev–Trinajstić information content (AvgIpc) is 2.32. The lowest BCUT2D eigenvalue weighted by Gasteiger charge is -2.00. The Hall–Kier alpha value is -1.22. The SMILES string of the molecule is Oc1ccc(Cl)cc1C=Nc1ccc(Cl)cc1Cl. The summed E-state index contributed by atoms with van der Waals surface area (Å²) >= 11 is 17.6. The number of aromatic hydroxyl groups is 1. The molecule has 2 aromatic carbocycles. The standard InChI is InChI=1S/C13H8Cl3NO/c14-9-2-4-13(18)8(5-9)7-17-12-3-1-10(15)6-11(12)16/h1-7,18H. The highest BCUT2D eigenvalue weighted by atomic mass is 35.5. The molecule has 0 bridgehead atoms. The van der Waals surface area contributed by atoms with Crippen LogP contribution in [0.15, 0.2) is 41.4 Å². The first-order chi connectivity index (χ1) is 8.56. The van der Waals surface area contributed by atoms with Crippen LogP contribution in [0.25, 0.3) is 0 Å². The zero-order valence-corrected chi connectivity index (χ0v) is 11.3. The molecule has 1 N–H and O–H groups in total. The highest BCUT2D eigenvalue weighted by Crippen LogP contribution is 2.28. The Morgan fingerprint density at radius 2 is 1.61 bits per heavy atom. The Morgan fingerprint density at radius 1 is 0.944 bits per heavy atom. The summed E-state index contributed by atoms with van der Waals surface area (Å²) in [5.41, 5.74) is 1.09. The molecule has 0 unspecified atom stereocenters. The zero-order chi connectivity index (χ0) is 13.1. The number of hydrogen-bond acceptors (Lipinski definition) is 2. The van der Waals surface area contributed by atoms with Gasteiger partial charge in [0.25, 0.3) is 0 Å². The van der Waals surface area contributed by atoms with Crippen molar-refractivity contribution in [2.45, 2.75) is 0 Å². The van der Waals surface area contributed by atoms with Gasteiger partial charge in [0.15, 0.2) is 0 Å². The summed E-state index contributed by atoms with van der Waals surface area (Å²) < 4.78 is 0. The Bertz CT molecular complexity index is 611. The molecule has 0 radical (unpaired) electrons. The van der Waals surface area contributed by atoms with Crippen molar-refractivity contribution < 1.29 is 5.11 Å². The molecule has 0 aromatic heterocycles. The van der Waals surface area contributed by atoms with Gasteiger partial charge in [0, 0.05) is 21.8 Å². The van der Waals surface area contributed by atoms with E-state index in [0.717, 1.165) is 0 Å². The minimum absolute atomic E-state index is 0.105. The van der Waals surface area contributed by atoms with Crippen LogP contribution in [0.1, 0.15) is 5.56 Å². The minimum Gasteiger partial charge on any atom is -0.507 e. The summed E-state index contributed by atoms with van der Waals surface area (Å²) in [6, 6.07) is 9.72. The molecule has 2 nitrogen and oxygen atoms in total. The quantitative estimate of drug-likeness (QED) is 0.769. The van der Waals surface area contributed by atoms with E-state index in [-0.39, 0.29) is 5.75 Å². The highest BCUT2D eigenvalue weighted by Gasteiger charge is 2.01. The molecule has 0 atom stereocenters. The van der Waals surface area contributed by atoms with Crippen molar-refractivity contribution in [3.8, 4) is 5.75 Å². The van der Waals surface area contributed by atoms with Crippen LogP contribution in [0.4, 0.5) is 5.69 Å². The zero-order valence-electron chi connectivity index (χ0n) is 9.07. The number of halogens is 3. The van der Waals surface area contributed by atoms with Crippen molar-refractivity contribution in [1.29, 1.82) is 0 Å². The van der Waals surface area contributed by atoms with Crippen LogP contribution in [0.3, 0.4) is 0 Å². The average molecular weight is 301 g/mol. The topological polar surface area (TPSA) is 32.6 Å². The summed E-state index contributed by atoms with van der Waals surface area (Å²) in [5, 5.41) is 11.1. The van der Waals surface area contributed by atoms with E-state index in [1.807, 2.05) is 0 Å². The molecule has 0 fully saturated rings. The van der Waals surface area contributed by atoms with Crippen molar-refractivity contribution in [2.75, 3.05) is 0 Å². The Morgan fingerprint density at radius 3 is 2.33 bits per heavy atom. The van der Waals surface area contributed by atoms with E-state index >= 15 is 0 Å². The molecule has 0 aliphatic heterocycles. The molecule has 0 amide bonds. The largest absolute Gasteiger partial charge is 0.507 e. The maximum atomic E-state index is 9.62. The molecule has 0 spiro atoms. The predicted molar refractivity (Wildman–Crippen MR) is 76.8 cm³/mol. The van der Waals surface area contributed by atoms with Gasteiger partial charge in [-0.05, 0) is 36.4 Å². The van der Waals surface area contributed by atoms with E-state index in [0.29, 0.717) is 26.3 Å². The van der Waals surface area contributed by atoms with Gasteiger partial charge in [-0.15, -0.1) is 0 Å². The number of phenolic OH excluding ortho intramolecular Hbond substituents is 1. The van der Waals surface area contributed by atoms with Crippen molar-refractivity contribution in [1.82, 2.24) is 0 Å². The van der Waals surface area contributed by atoms with E-state index in [1.165, 1.54) is 12.3 Å². The second-order valence-corrected chi connectivity index (χ2v) is 4.84. The van der Waals surface area contributed by atoms with Gasteiger partial charge in [-0.1, -0.05) is 34.8 Å². The molecular formula is C13H8Cl3NO. The molecular weight excluding hydrogens is 293 g/mol. The van der Waals surface area contributed by atoms with Crippen LogP contribution < -0.4 is 0 Å². The van der Waals surface area contributed by atoms with Gasteiger partial charge < -0.3 is 5.11 Å². The van der Waals surface area contributed by atoms with Crippen LogP contribution in [0.5, 0.6) is 5.75 Å². The van der Waals surface area contributed by atoms with Crippen molar-refractivity contribution >= 4 is 46.7 Å². The van der Waals surface area contributed by atoms with Crippen molar-refractivity contribution in [3.63, 3.8) is 0 Å². The Kier molecular flexibility index (Phi) is 4.12. The lowest BCUT2D eigenvalue weighted by Crippen LogP contribution is -1.82. The summed E-state index contributed by atoms with van der Waals surface area (Å²) in [5.74, 6) is 0.105. The molecule has 0 saturated carbocycles. The van der Waals surface area contributed by atoms with E-state index in [9.17, 15) is 5.11 Å². The third-order valence-corrected chi connectivity index (χ3v) is 3.01. The van der Waals surface area contributed by atoms with Gasteiger partial charge in [0.1, 0.15) is 5.75 Å². The van der Waals surface area contributed by atoms with Crippen molar-refractivity contribution in [2.24, 2.45) is 4.99 Å². The maximum Gasteiger partial charge on any atom is 0.124 e. The van der Waals surface area contributed by atoms with Gasteiger partial charge >= 0.3 is 0 Å². The molecule has 18 heavy (non-hydrogen) atoms. The van der Waals surface area contributed by atoms with E-state index in [2.05, 4.69) is 4.99 Å². The number of rotatable bonds is 2. The van der Waals surface area contributed by atoms with E-state index < -0.39 is 0 Å². The first kappa shape index (κ1) is 13.2. The number of phenols is 1. The van der Waals surface area contributed by atoms with Crippen LogP contribution in [0, 0.1) is 0 Å². The van der Waals surface area contributed by atoms with Gasteiger partial charge in [-0.25, -0.2) is 0 Å². The number of hydrogen-bond donors (Lipinski definition) is 1. The van der Waals surface area contributed by atoms with Crippen LogP contribution in [-0.2, 0) is 0 Å². The van der Waals surface area contributed by atoms with Crippen LogP contribution >= 0.6 is 34.8 Å². The Labute approximate surface area is 119 Å². The predicted octanol–water partition coefficient (Wildman–Crippen LogP) is 5.10. The smallest absolute Gasteiger partial charge is 0.124 e. The molecule has 2 aromatic rings. The number of nitrogens with zero attached hydrogens (tertiary/aromatic N) is 1. The third-order valence-electron chi connectivity index (χ3n) is 2.24. The lowest BCUT2D eigenvalue weighted by atomic mass is 10.2. The summed E-state index contributed by atoms with van der Waals surface area (Å²) in [6.07, 6.45) is 1.50. The first-order valence-electron chi connectivity index (χ1n) is 5.04. The molecule has 0 heterocycles. The van der Waals surface area contributed by atoms with Gasteiger partial charge in [-0.3, -0.25) is 4.99 Å². The fourth-order valence-corrected chi connectivity index (χ4v) is 1.99. The summed E-state index contributed by atoms with van der Waals surface area (Å²) in [6.45, 7) is 0. The van der Waals surface area contributed by atoms with Gasteiger partial charge in [-0.2, -0.15) is 0 Å². The fourth-order valence-electron chi connectivity index (χ4n) is 1.35. The van der Waals surface area contributed by atoms with Gasteiger partial charge in [0.05, 0.1) is 10.7 Å². The number of aliphatic imine (C=N–C) groups is 1. The third kappa shape index (κ3) is 3.16. The highest BCUT2D eigenvalue weighted by molar-refractivity contribution is 6.36. The van der Waals surface area contributed by atoms with E-state index in [4.69, 9.17) is 34.8 Å². The van der Waals surface area contributed by atoms with Crippen molar-refractivity contribution in [3.05, 3.63) is 57.0 Å². The van der Waals surface area contributed by atoms with E-state index in [1.54, 1.807) is 30.3 Å². The normalized spacial score (nSPS) is 11.1. The monoisotopic (exact) mass is 299 g/mol. The minimum atomic E-state index is 0.105. The van der Waals surface area contributed by atoms with Crippen LogP contribution in [0.2, 0.25) is 15.1 Å². The summed E-state index contributed by atoms with van der Waals surface area (Å²) in [4.78, 5) is 4.18. The molecule has 5 heteroatoms. The Balaban J connectivity index is 2.32. The molecule has 92 valence electrons. The van der Waals surface area contributed by atoms with Crippen LogP contribution in [-0.4, -0.2) is 11.3 Å². The molecule has 2 rings (SSSR count). The molecule has 0 aliphatic rings. The fraction of sp³-hybridized carbons (Fsp3) is 0.